The van der Waals surface area contributed by atoms with Gasteiger partial charge in [-0.15, -0.1) is 0 Å². The number of aliphatic hydroxyl groups excluding tert-OH is 1. The Morgan fingerprint density at radius 2 is 1.95 bits per heavy atom. The summed E-state index contributed by atoms with van der Waals surface area (Å²) in [6, 6.07) is 12.3. The van der Waals surface area contributed by atoms with Crippen LogP contribution in [0.25, 0.3) is 10.9 Å². The van der Waals surface area contributed by atoms with Crippen LogP contribution in [-0.2, 0) is 13.1 Å². The van der Waals surface area contributed by atoms with Gasteiger partial charge in [-0.3, -0.25) is 4.68 Å². The Morgan fingerprint density at radius 3 is 2.70 bits per heavy atom. The lowest BCUT2D eigenvalue weighted by Gasteiger charge is -2.14. The van der Waals surface area contributed by atoms with Crippen molar-refractivity contribution in [2.45, 2.75) is 33.0 Å². The summed E-state index contributed by atoms with van der Waals surface area (Å²) in [4.78, 5) is 0. The molecule has 0 unspecified atom stereocenters. The van der Waals surface area contributed by atoms with Gasteiger partial charge in [0.1, 0.15) is 0 Å². The molecule has 20 heavy (non-hydrogen) atoms. The average molecular weight is 269 g/mol. The highest BCUT2D eigenvalue weighted by atomic mass is 16.3. The average Bonchev–Trinajstić information content (AvgIpc) is 2.94. The summed E-state index contributed by atoms with van der Waals surface area (Å²) in [6.45, 7) is 5.07. The topological polar surface area (TPSA) is 43.0 Å². The predicted octanol–water partition coefficient (Wildman–Crippen LogP) is 2.52. The predicted molar refractivity (Wildman–Crippen MR) is 79.6 cm³/mol. The standard InChI is InChI=1S/C16H19N3O/c1-12-9-13(2)19(17-12)11-15(20)10-18-8-7-14-5-3-4-6-16(14)18/h3-9,15,20H,10-11H2,1-2H3/t15-/m0/s1. The Kier molecular flexibility index (Phi) is 3.32. The van der Waals surface area contributed by atoms with Crippen molar-refractivity contribution in [3.05, 3.63) is 54.0 Å². The second kappa shape index (κ2) is 5.13. The molecule has 0 radical (unpaired) electrons. The van der Waals surface area contributed by atoms with E-state index >= 15 is 0 Å². The van der Waals surface area contributed by atoms with Gasteiger partial charge in [0, 0.05) is 17.4 Å². The molecule has 0 spiro atoms. The lowest BCUT2D eigenvalue weighted by atomic mass is 10.2. The molecule has 0 aliphatic heterocycles. The minimum Gasteiger partial charge on any atom is -0.389 e. The van der Waals surface area contributed by atoms with Crippen molar-refractivity contribution in [1.29, 1.82) is 0 Å². The van der Waals surface area contributed by atoms with E-state index in [2.05, 4.69) is 27.9 Å². The van der Waals surface area contributed by atoms with Crippen molar-refractivity contribution < 1.29 is 5.11 Å². The smallest absolute Gasteiger partial charge is 0.0914 e. The highest BCUT2D eigenvalue weighted by Gasteiger charge is 2.10. The fraction of sp³-hybridized carbons (Fsp3) is 0.312. The van der Waals surface area contributed by atoms with Gasteiger partial charge >= 0.3 is 0 Å². The lowest BCUT2D eigenvalue weighted by Crippen LogP contribution is -2.23. The first kappa shape index (κ1) is 12.9. The molecule has 0 saturated carbocycles. The van der Waals surface area contributed by atoms with E-state index in [0.29, 0.717) is 13.1 Å². The summed E-state index contributed by atoms with van der Waals surface area (Å²) < 4.78 is 3.96. The van der Waals surface area contributed by atoms with Gasteiger partial charge in [-0.2, -0.15) is 5.10 Å². The van der Waals surface area contributed by atoms with Gasteiger partial charge in [0.25, 0.3) is 0 Å². The third kappa shape index (κ3) is 2.47. The number of aryl methyl sites for hydroxylation is 2. The molecule has 0 aliphatic carbocycles. The van der Waals surface area contributed by atoms with Crippen molar-refractivity contribution in [3.8, 4) is 0 Å². The summed E-state index contributed by atoms with van der Waals surface area (Å²) in [5.41, 5.74) is 3.22. The lowest BCUT2D eigenvalue weighted by molar-refractivity contribution is 0.130. The Hall–Kier alpha value is -2.07. The Morgan fingerprint density at radius 1 is 1.15 bits per heavy atom. The van der Waals surface area contributed by atoms with Gasteiger partial charge in [-0.25, -0.2) is 0 Å². The van der Waals surface area contributed by atoms with Crippen LogP contribution in [0.4, 0.5) is 0 Å². The molecular formula is C16H19N3O. The molecule has 1 N–H and O–H groups in total. The van der Waals surface area contributed by atoms with Crippen LogP contribution in [0.15, 0.2) is 42.6 Å². The summed E-state index contributed by atoms with van der Waals surface area (Å²) in [5, 5.41) is 15.9. The van der Waals surface area contributed by atoms with Crippen LogP contribution in [0, 0.1) is 13.8 Å². The van der Waals surface area contributed by atoms with Gasteiger partial charge in [0.2, 0.25) is 0 Å². The maximum Gasteiger partial charge on any atom is 0.0914 e. The number of hydrogen-bond acceptors (Lipinski definition) is 2. The third-order valence-corrected chi connectivity index (χ3v) is 3.57. The maximum atomic E-state index is 10.3. The second-order valence-electron chi connectivity index (χ2n) is 5.29. The molecule has 3 rings (SSSR count). The van der Waals surface area contributed by atoms with Crippen molar-refractivity contribution in [1.82, 2.24) is 14.3 Å². The summed E-state index contributed by atoms with van der Waals surface area (Å²) in [7, 11) is 0. The van der Waals surface area contributed by atoms with E-state index in [1.54, 1.807) is 0 Å². The van der Waals surface area contributed by atoms with Crippen LogP contribution in [-0.4, -0.2) is 25.6 Å². The van der Waals surface area contributed by atoms with E-state index in [1.807, 2.05) is 42.9 Å². The highest BCUT2D eigenvalue weighted by molar-refractivity contribution is 5.79. The molecule has 2 aromatic heterocycles. The fourth-order valence-electron chi connectivity index (χ4n) is 2.64. The monoisotopic (exact) mass is 269 g/mol. The minimum absolute atomic E-state index is 0.455. The molecule has 1 aromatic carbocycles. The first-order valence-electron chi connectivity index (χ1n) is 6.86. The minimum atomic E-state index is -0.455. The van der Waals surface area contributed by atoms with E-state index in [1.165, 1.54) is 5.39 Å². The van der Waals surface area contributed by atoms with Gasteiger partial charge in [-0.1, -0.05) is 18.2 Å². The molecule has 0 bridgehead atoms. The number of hydrogen-bond donors (Lipinski definition) is 1. The Balaban J connectivity index is 1.76. The molecule has 0 amide bonds. The van der Waals surface area contributed by atoms with Crippen molar-refractivity contribution in [3.63, 3.8) is 0 Å². The number of para-hydroxylation sites is 1. The van der Waals surface area contributed by atoms with Crippen LogP contribution in [0.2, 0.25) is 0 Å². The zero-order valence-corrected chi connectivity index (χ0v) is 11.8. The van der Waals surface area contributed by atoms with E-state index in [9.17, 15) is 5.11 Å². The first-order chi connectivity index (χ1) is 9.63. The molecular weight excluding hydrogens is 250 g/mol. The Labute approximate surface area is 118 Å². The van der Waals surface area contributed by atoms with Crippen molar-refractivity contribution >= 4 is 10.9 Å². The summed E-state index contributed by atoms with van der Waals surface area (Å²) in [5.74, 6) is 0. The molecule has 104 valence electrons. The van der Waals surface area contributed by atoms with Crippen molar-refractivity contribution in [2.75, 3.05) is 0 Å². The first-order valence-corrected chi connectivity index (χ1v) is 6.86. The van der Waals surface area contributed by atoms with E-state index in [4.69, 9.17) is 0 Å². The van der Waals surface area contributed by atoms with Crippen LogP contribution in [0.5, 0.6) is 0 Å². The maximum absolute atomic E-state index is 10.3. The van der Waals surface area contributed by atoms with Gasteiger partial charge in [-0.05, 0) is 37.4 Å². The largest absolute Gasteiger partial charge is 0.389 e. The van der Waals surface area contributed by atoms with Gasteiger partial charge < -0.3 is 9.67 Å². The summed E-state index contributed by atoms with van der Waals surface area (Å²) in [6.07, 6.45) is 1.57. The number of nitrogens with zero attached hydrogens (tertiary/aromatic N) is 3. The molecule has 1 atom stereocenters. The van der Waals surface area contributed by atoms with Crippen LogP contribution in [0.3, 0.4) is 0 Å². The number of rotatable bonds is 4. The van der Waals surface area contributed by atoms with Crippen LogP contribution >= 0.6 is 0 Å². The zero-order valence-electron chi connectivity index (χ0n) is 11.8. The van der Waals surface area contributed by atoms with Gasteiger partial charge in [0.15, 0.2) is 0 Å². The normalized spacial score (nSPS) is 12.9. The quantitative estimate of drug-likeness (QED) is 0.791. The SMILES string of the molecule is Cc1cc(C)n(C[C@@H](O)Cn2ccc3ccccc32)n1. The van der Waals surface area contributed by atoms with Gasteiger partial charge in [0.05, 0.1) is 24.9 Å². The third-order valence-electron chi connectivity index (χ3n) is 3.57. The van der Waals surface area contributed by atoms with E-state index in [0.717, 1.165) is 16.9 Å². The number of aliphatic hydroxyl groups is 1. The highest BCUT2D eigenvalue weighted by Crippen LogP contribution is 2.15. The molecule has 3 aromatic rings. The zero-order chi connectivity index (χ0) is 14.1. The Bertz CT molecular complexity index is 726. The van der Waals surface area contributed by atoms with Crippen LogP contribution in [0.1, 0.15) is 11.4 Å². The molecule has 0 aliphatic rings. The number of aromatic nitrogens is 3. The van der Waals surface area contributed by atoms with E-state index in [-0.39, 0.29) is 0 Å². The molecule has 0 fully saturated rings. The number of benzene rings is 1. The van der Waals surface area contributed by atoms with E-state index < -0.39 is 6.10 Å². The molecule has 4 heteroatoms. The summed E-state index contributed by atoms with van der Waals surface area (Å²) >= 11 is 0. The van der Waals surface area contributed by atoms with Crippen LogP contribution < -0.4 is 0 Å². The van der Waals surface area contributed by atoms with Crippen molar-refractivity contribution in [2.24, 2.45) is 0 Å². The number of fused-ring (bicyclic) bond motifs is 1. The second-order valence-corrected chi connectivity index (χ2v) is 5.29. The fourth-order valence-corrected chi connectivity index (χ4v) is 2.64. The molecule has 2 heterocycles. The molecule has 0 saturated heterocycles. The molecule has 4 nitrogen and oxygen atoms in total.